The average molecular weight is 385 g/mol. The van der Waals surface area contributed by atoms with Crippen LogP contribution in [0.4, 0.5) is 0 Å². The van der Waals surface area contributed by atoms with Gasteiger partial charge < -0.3 is 0 Å². The van der Waals surface area contributed by atoms with Crippen LogP contribution in [0.3, 0.4) is 0 Å². The molecule has 0 radical (unpaired) electrons. The predicted molar refractivity (Wildman–Crippen MR) is 84.4 cm³/mol. The molecule has 1 aromatic carbocycles. The zero-order valence-electron chi connectivity index (χ0n) is 10.7. The molecule has 0 bridgehead atoms. The van der Waals surface area contributed by atoms with E-state index in [-0.39, 0.29) is 14.7 Å². The van der Waals surface area contributed by atoms with Crippen LogP contribution in [0.1, 0.15) is 13.8 Å². The minimum absolute atomic E-state index is 0.0623. The van der Waals surface area contributed by atoms with E-state index in [2.05, 4.69) is 29.8 Å². The summed E-state index contributed by atoms with van der Waals surface area (Å²) in [6, 6.07) is 4.86. The molecule has 0 amide bonds. The third-order valence-corrected chi connectivity index (χ3v) is 7.02. The van der Waals surface area contributed by atoms with Crippen LogP contribution >= 0.6 is 39.3 Å². The van der Waals surface area contributed by atoms with Crippen LogP contribution in [-0.2, 0) is 10.0 Å². The molecule has 0 unspecified atom stereocenters. The van der Waals surface area contributed by atoms with Gasteiger partial charge in [0.1, 0.15) is 4.90 Å². The van der Waals surface area contributed by atoms with Crippen LogP contribution in [0.15, 0.2) is 27.6 Å². The molecule has 0 aliphatic carbocycles. The average Bonchev–Trinajstić information content (AvgIpc) is 2.27. The van der Waals surface area contributed by atoms with E-state index in [1.165, 1.54) is 4.31 Å². The maximum Gasteiger partial charge on any atom is 0.244 e. The molecule has 1 heterocycles. The van der Waals surface area contributed by atoms with Crippen molar-refractivity contribution >= 4 is 49.3 Å². The quantitative estimate of drug-likeness (QED) is 0.781. The molecule has 3 nitrogen and oxygen atoms in total. The summed E-state index contributed by atoms with van der Waals surface area (Å²) in [6.07, 6.45) is 0. The van der Waals surface area contributed by atoms with Gasteiger partial charge in [-0.2, -0.15) is 16.1 Å². The van der Waals surface area contributed by atoms with Crippen molar-refractivity contribution in [1.29, 1.82) is 0 Å². The van der Waals surface area contributed by atoms with Crippen LogP contribution in [0, 0.1) is 0 Å². The fourth-order valence-electron chi connectivity index (χ4n) is 2.00. The van der Waals surface area contributed by atoms with Crippen molar-refractivity contribution < 1.29 is 8.42 Å². The maximum absolute atomic E-state index is 12.6. The van der Waals surface area contributed by atoms with Crippen molar-refractivity contribution in [3.05, 3.63) is 27.7 Å². The summed E-state index contributed by atoms with van der Waals surface area (Å²) in [7, 11) is -3.51. The van der Waals surface area contributed by atoms with Crippen LogP contribution in [0.5, 0.6) is 0 Å². The number of nitrogens with zero attached hydrogens (tertiary/aromatic N) is 1. The third kappa shape index (κ3) is 3.47. The summed E-state index contributed by atoms with van der Waals surface area (Å²) in [6.45, 7) is 5.15. The predicted octanol–water partition coefficient (Wildman–Crippen LogP) is 3.62. The topological polar surface area (TPSA) is 37.4 Å². The number of hydrogen-bond donors (Lipinski definition) is 0. The molecule has 1 saturated heterocycles. The summed E-state index contributed by atoms with van der Waals surface area (Å²) < 4.78 is 27.5. The fourth-order valence-corrected chi connectivity index (χ4v) is 5.92. The molecule has 2 rings (SSSR count). The standard InChI is InChI=1S/C12H15BrClNO2S2/c1-12(2)8-15(5-6-18-12)19(16,17)11-4-3-9(13)7-10(11)14/h3-4,7H,5-6,8H2,1-2H3. The number of sulfonamides is 1. The van der Waals surface area contributed by atoms with Gasteiger partial charge in [0.25, 0.3) is 0 Å². The van der Waals surface area contributed by atoms with Crippen LogP contribution in [-0.4, -0.2) is 36.3 Å². The molecule has 0 saturated carbocycles. The Kier molecular flexibility index (Phi) is 4.58. The van der Waals surface area contributed by atoms with Gasteiger partial charge >= 0.3 is 0 Å². The van der Waals surface area contributed by atoms with Crippen molar-refractivity contribution in [2.24, 2.45) is 0 Å². The number of rotatable bonds is 2. The van der Waals surface area contributed by atoms with Gasteiger partial charge in [0.05, 0.1) is 5.02 Å². The number of thioether (sulfide) groups is 1. The van der Waals surface area contributed by atoms with E-state index in [0.29, 0.717) is 13.1 Å². The van der Waals surface area contributed by atoms with Gasteiger partial charge in [-0.25, -0.2) is 8.42 Å². The van der Waals surface area contributed by atoms with Crippen molar-refractivity contribution in [2.75, 3.05) is 18.8 Å². The first kappa shape index (κ1) is 15.6. The normalized spacial score (nSPS) is 20.4. The van der Waals surface area contributed by atoms with Gasteiger partial charge in [0.15, 0.2) is 0 Å². The molecule has 1 aromatic rings. The Labute approximate surface area is 131 Å². The molecule has 106 valence electrons. The number of halogens is 2. The van der Waals surface area contributed by atoms with Crippen LogP contribution < -0.4 is 0 Å². The van der Waals surface area contributed by atoms with E-state index in [0.717, 1.165) is 10.2 Å². The minimum atomic E-state index is -3.51. The van der Waals surface area contributed by atoms with Gasteiger partial charge in [0.2, 0.25) is 10.0 Å². The summed E-state index contributed by atoms with van der Waals surface area (Å²) in [5, 5.41) is 0.255. The monoisotopic (exact) mass is 383 g/mol. The number of hydrogen-bond acceptors (Lipinski definition) is 3. The molecule has 7 heteroatoms. The summed E-state index contributed by atoms with van der Waals surface area (Å²) >= 11 is 11.1. The molecule has 19 heavy (non-hydrogen) atoms. The first-order chi connectivity index (χ1) is 8.72. The molecular weight excluding hydrogens is 370 g/mol. The van der Waals surface area contributed by atoms with E-state index >= 15 is 0 Å². The highest BCUT2D eigenvalue weighted by Gasteiger charge is 2.35. The summed E-state index contributed by atoms with van der Waals surface area (Å²) in [5.41, 5.74) is 0. The smallest absolute Gasteiger partial charge is 0.207 e. The molecule has 1 fully saturated rings. The molecule has 0 atom stereocenters. The Morgan fingerprint density at radius 3 is 2.68 bits per heavy atom. The summed E-state index contributed by atoms with van der Waals surface area (Å²) in [4.78, 5) is 0.181. The number of benzene rings is 1. The van der Waals surface area contributed by atoms with Gasteiger partial charge in [-0.05, 0) is 32.0 Å². The highest BCUT2D eigenvalue weighted by Crippen LogP contribution is 2.34. The van der Waals surface area contributed by atoms with Crippen LogP contribution in [0.2, 0.25) is 5.02 Å². The second kappa shape index (κ2) is 5.56. The van der Waals surface area contributed by atoms with Gasteiger partial charge in [-0.1, -0.05) is 27.5 Å². The van der Waals surface area contributed by atoms with Gasteiger partial charge in [0, 0.05) is 28.1 Å². The van der Waals surface area contributed by atoms with Gasteiger partial charge in [-0.15, -0.1) is 0 Å². The highest BCUT2D eigenvalue weighted by atomic mass is 79.9. The highest BCUT2D eigenvalue weighted by molar-refractivity contribution is 9.10. The largest absolute Gasteiger partial charge is 0.244 e. The Morgan fingerprint density at radius 2 is 2.11 bits per heavy atom. The van der Waals surface area contributed by atoms with Gasteiger partial charge in [-0.3, -0.25) is 0 Å². The molecule has 0 N–H and O–H groups in total. The lowest BCUT2D eigenvalue weighted by Gasteiger charge is -2.36. The van der Waals surface area contributed by atoms with E-state index in [4.69, 9.17) is 11.6 Å². The third-order valence-electron chi connectivity index (χ3n) is 2.90. The first-order valence-corrected chi connectivity index (χ1v) is 9.41. The lowest BCUT2D eigenvalue weighted by Crippen LogP contribution is -2.46. The van der Waals surface area contributed by atoms with Crippen LogP contribution in [0.25, 0.3) is 0 Å². The Balaban J connectivity index is 2.37. The van der Waals surface area contributed by atoms with Crippen molar-refractivity contribution in [1.82, 2.24) is 4.31 Å². The maximum atomic E-state index is 12.6. The second-order valence-corrected chi connectivity index (χ2v) is 10.1. The molecular formula is C12H15BrClNO2S2. The van der Waals surface area contributed by atoms with Crippen molar-refractivity contribution in [3.63, 3.8) is 0 Å². The van der Waals surface area contributed by atoms with E-state index < -0.39 is 10.0 Å². The molecule has 0 spiro atoms. The fraction of sp³-hybridized carbons (Fsp3) is 0.500. The van der Waals surface area contributed by atoms with E-state index in [1.54, 1.807) is 30.0 Å². The molecule has 0 aromatic heterocycles. The Bertz CT molecular complexity index is 589. The zero-order chi connectivity index (χ0) is 14.3. The van der Waals surface area contributed by atoms with E-state index in [1.807, 2.05) is 0 Å². The second-order valence-electron chi connectivity index (χ2n) is 5.02. The molecule has 1 aliphatic heterocycles. The van der Waals surface area contributed by atoms with Crippen molar-refractivity contribution in [2.45, 2.75) is 23.5 Å². The first-order valence-electron chi connectivity index (χ1n) is 5.81. The lowest BCUT2D eigenvalue weighted by molar-refractivity contribution is 0.387. The lowest BCUT2D eigenvalue weighted by atomic mass is 10.2. The SMILES string of the molecule is CC1(C)CN(S(=O)(=O)c2ccc(Br)cc2Cl)CCS1. The molecule has 1 aliphatic rings. The van der Waals surface area contributed by atoms with Crippen molar-refractivity contribution in [3.8, 4) is 0 Å². The Hall–Kier alpha value is 0.250. The van der Waals surface area contributed by atoms with E-state index in [9.17, 15) is 8.42 Å². The summed E-state index contributed by atoms with van der Waals surface area (Å²) in [5.74, 6) is 0.806. The zero-order valence-corrected chi connectivity index (χ0v) is 14.7. The Morgan fingerprint density at radius 1 is 1.42 bits per heavy atom. The minimum Gasteiger partial charge on any atom is -0.207 e.